The summed E-state index contributed by atoms with van der Waals surface area (Å²) in [6, 6.07) is 7.30. The Bertz CT molecular complexity index is 993. The predicted octanol–water partition coefficient (Wildman–Crippen LogP) is 6.23. The molecule has 0 saturated heterocycles. The van der Waals surface area contributed by atoms with Gasteiger partial charge in [-0.1, -0.05) is 27.7 Å². The maximum atomic E-state index is 13.6. The van der Waals surface area contributed by atoms with Crippen molar-refractivity contribution in [3.05, 3.63) is 41.0 Å². The van der Waals surface area contributed by atoms with Crippen LogP contribution in [-0.4, -0.2) is 32.8 Å². The van der Waals surface area contributed by atoms with Gasteiger partial charge in [0.1, 0.15) is 5.69 Å². The van der Waals surface area contributed by atoms with Crippen LogP contribution in [0, 0.1) is 11.8 Å². The van der Waals surface area contributed by atoms with E-state index in [0.717, 1.165) is 0 Å². The number of benzene rings is 1. The van der Waals surface area contributed by atoms with Crippen LogP contribution in [0.3, 0.4) is 0 Å². The molecule has 0 N–H and O–H groups in total. The lowest BCUT2D eigenvalue weighted by Crippen LogP contribution is -2.37. The third-order valence-corrected chi connectivity index (χ3v) is 5.34. The number of anilines is 2. The zero-order valence-electron chi connectivity index (χ0n) is 18.0. The zero-order chi connectivity index (χ0) is 24.1. The highest BCUT2D eigenvalue weighted by atomic mass is 79.9. The van der Waals surface area contributed by atoms with E-state index in [1.807, 2.05) is 32.6 Å². The number of alkyl halides is 3. The molecule has 176 valence electrons. The molecule has 0 radical (unpaired) electrons. The standard InChI is InChI=1S/C20H25BrF3N5O2S/c1-13(2)11-28(12-14(3)4)16-6-7-17(26-27-19-8-5-15(21)10-25-19)18(9-16)29(32(30)31)20(22,23)24/h5-10,13-14,32H,11-12H2,1-4H3. The van der Waals surface area contributed by atoms with Gasteiger partial charge in [0.15, 0.2) is 5.82 Å². The van der Waals surface area contributed by atoms with Gasteiger partial charge in [-0.25, -0.2) is 13.4 Å². The molecule has 0 bridgehead atoms. The summed E-state index contributed by atoms with van der Waals surface area (Å²) in [4.78, 5) is 5.93. The molecule has 32 heavy (non-hydrogen) atoms. The molecule has 0 saturated carbocycles. The predicted molar refractivity (Wildman–Crippen MR) is 123 cm³/mol. The van der Waals surface area contributed by atoms with Gasteiger partial charge in [0.2, 0.25) is 10.9 Å². The van der Waals surface area contributed by atoms with Crippen molar-refractivity contribution in [2.45, 2.75) is 34.0 Å². The summed E-state index contributed by atoms with van der Waals surface area (Å²) in [7, 11) is -4.01. The van der Waals surface area contributed by atoms with Crippen molar-refractivity contribution in [3.63, 3.8) is 0 Å². The Morgan fingerprint density at radius 2 is 1.66 bits per heavy atom. The SMILES string of the molecule is CC(C)CN(CC(C)C)c1ccc(N=Nc2ccc(Br)cn2)c(N([SH](=O)=O)C(F)(F)F)c1. The fourth-order valence-electron chi connectivity index (χ4n) is 2.98. The summed E-state index contributed by atoms with van der Waals surface area (Å²) in [6.45, 7) is 9.18. The number of hydrogen-bond acceptors (Lipinski definition) is 6. The molecule has 0 spiro atoms. The highest BCUT2D eigenvalue weighted by molar-refractivity contribution is 9.10. The second-order valence-electron chi connectivity index (χ2n) is 7.92. The summed E-state index contributed by atoms with van der Waals surface area (Å²) in [5, 5.41) is 7.73. The number of pyridine rings is 1. The van der Waals surface area contributed by atoms with Crippen LogP contribution in [0.2, 0.25) is 0 Å². The highest BCUT2D eigenvalue weighted by Crippen LogP contribution is 2.39. The van der Waals surface area contributed by atoms with Crippen molar-refractivity contribution < 1.29 is 21.6 Å². The molecule has 7 nitrogen and oxygen atoms in total. The maximum absolute atomic E-state index is 13.6. The maximum Gasteiger partial charge on any atom is 0.498 e. The Kier molecular flexibility index (Phi) is 9.02. The van der Waals surface area contributed by atoms with Gasteiger partial charge in [-0.15, -0.1) is 23.4 Å². The van der Waals surface area contributed by atoms with Crippen molar-refractivity contribution in [2.24, 2.45) is 22.1 Å². The Morgan fingerprint density at radius 1 is 1.03 bits per heavy atom. The molecule has 1 heterocycles. The molecule has 0 aliphatic heterocycles. The van der Waals surface area contributed by atoms with Crippen molar-refractivity contribution in [1.29, 1.82) is 0 Å². The number of thiol groups is 1. The topological polar surface area (TPSA) is 78.2 Å². The lowest BCUT2D eigenvalue weighted by atomic mass is 10.1. The number of aromatic nitrogens is 1. The van der Waals surface area contributed by atoms with E-state index in [1.165, 1.54) is 24.4 Å². The molecule has 0 aliphatic rings. The van der Waals surface area contributed by atoms with Crippen molar-refractivity contribution >= 4 is 49.7 Å². The molecule has 2 aromatic rings. The summed E-state index contributed by atoms with van der Waals surface area (Å²) in [5.41, 5.74) is -0.400. The van der Waals surface area contributed by atoms with Gasteiger partial charge in [-0.3, -0.25) is 0 Å². The van der Waals surface area contributed by atoms with Crippen molar-refractivity contribution in [1.82, 2.24) is 4.98 Å². The van der Waals surface area contributed by atoms with Gasteiger partial charge >= 0.3 is 6.30 Å². The summed E-state index contributed by atoms with van der Waals surface area (Å²) in [5.74, 6) is 0.652. The molecule has 0 amide bonds. The van der Waals surface area contributed by atoms with E-state index in [1.54, 1.807) is 12.1 Å². The Balaban J connectivity index is 2.61. The van der Waals surface area contributed by atoms with Gasteiger partial charge in [0.25, 0.3) is 0 Å². The summed E-state index contributed by atoms with van der Waals surface area (Å²) < 4.78 is 64.2. The molecule has 0 aliphatic carbocycles. The third-order valence-electron chi connectivity index (χ3n) is 4.10. The molecule has 12 heteroatoms. The van der Waals surface area contributed by atoms with Crippen LogP contribution in [0.5, 0.6) is 0 Å². The lowest BCUT2D eigenvalue weighted by molar-refractivity contribution is -0.115. The van der Waals surface area contributed by atoms with Crippen molar-refractivity contribution in [3.8, 4) is 0 Å². The van der Waals surface area contributed by atoms with Crippen LogP contribution in [-0.2, 0) is 10.9 Å². The molecule has 1 aromatic carbocycles. The van der Waals surface area contributed by atoms with E-state index < -0.39 is 27.2 Å². The van der Waals surface area contributed by atoms with Gasteiger partial charge in [0, 0.05) is 29.4 Å². The smallest absolute Gasteiger partial charge is 0.371 e. The second-order valence-corrected chi connectivity index (χ2v) is 9.71. The average molecular weight is 536 g/mol. The Labute approximate surface area is 195 Å². The monoisotopic (exact) mass is 535 g/mol. The number of halogens is 4. The van der Waals surface area contributed by atoms with Crippen LogP contribution in [0.4, 0.5) is 36.1 Å². The summed E-state index contributed by atoms with van der Waals surface area (Å²) >= 11 is 3.23. The Morgan fingerprint density at radius 3 is 2.12 bits per heavy atom. The van der Waals surface area contributed by atoms with Crippen LogP contribution in [0.15, 0.2) is 51.2 Å². The molecular formula is C20H25BrF3N5O2S. The van der Waals surface area contributed by atoms with Crippen LogP contribution in [0.1, 0.15) is 27.7 Å². The van der Waals surface area contributed by atoms with Gasteiger partial charge in [-0.2, -0.15) is 4.31 Å². The number of azo groups is 1. The first kappa shape index (κ1) is 26.0. The minimum atomic E-state index is -5.16. The van der Waals surface area contributed by atoms with E-state index in [4.69, 9.17) is 0 Å². The van der Waals surface area contributed by atoms with E-state index in [0.29, 0.717) is 23.2 Å². The third kappa shape index (κ3) is 7.44. The van der Waals surface area contributed by atoms with Crippen LogP contribution < -0.4 is 9.21 Å². The number of nitrogens with zero attached hydrogens (tertiary/aromatic N) is 5. The first-order chi connectivity index (χ1) is 14.9. The first-order valence-corrected chi connectivity index (χ1v) is 11.7. The van der Waals surface area contributed by atoms with Gasteiger partial charge in [0.05, 0.1) is 5.69 Å². The van der Waals surface area contributed by atoms with Crippen LogP contribution in [0.25, 0.3) is 0 Å². The van der Waals surface area contributed by atoms with E-state index >= 15 is 0 Å². The van der Waals surface area contributed by atoms with Crippen LogP contribution >= 0.6 is 15.9 Å². The van der Waals surface area contributed by atoms with Crippen molar-refractivity contribution in [2.75, 3.05) is 22.3 Å². The highest BCUT2D eigenvalue weighted by Gasteiger charge is 2.41. The fraction of sp³-hybridized carbons (Fsp3) is 0.450. The van der Waals surface area contributed by atoms with Gasteiger partial charge < -0.3 is 4.90 Å². The van der Waals surface area contributed by atoms with E-state index in [2.05, 4.69) is 31.1 Å². The molecular weight excluding hydrogens is 511 g/mol. The molecule has 1 aromatic heterocycles. The average Bonchev–Trinajstić information content (AvgIpc) is 2.65. The first-order valence-electron chi connectivity index (χ1n) is 9.82. The molecule has 2 rings (SSSR count). The normalized spacial score (nSPS) is 12.3. The summed E-state index contributed by atoms with van der Waals surface area (Å²) in [6.07, 6.45) is -3.69. The quantitative estimate of drug-likeness (QED) is 0.234. The Hall–Kier alpha value is -2.21. The van der Waals surface area contributed by atoms with E-state index in [-0.39, 0.29) is 23.3 Å². The molecule has 0 fully saturated rings. The largest absolute Gasteiger partial charge is 0.498 e. The minimum Gasteiger partial charge on any atom is -0.371 e. The molecule has 0 unspecified atom stereocenters. The van der Waals surface area contributed by atoms with E-state index in [9.17, 15) is 21.6 Å². The lowest BCUT2D eigenvalue weighted by Gasteiger charge is -2.30. The van der Waals surface area contributed by atoms with Gasteiger partial charge in [-0.05, 0) is 58.1 Å². The second kappa shape index (κ2) is 11.1. The number of rotatable bonds is 9. The molecule has 0 atom stereocenters. The fourth-order valence-corrected chi connectivity index (χ4v) is 3.73. The minimum absolute atomic E-state index is 0.162. The zero-order valence-corrected chi connectivity index (χ0v) is 20.5. The number of hydrogen-bond donors (Lipinski definition) is 1.